The average molecular weight is 277 g/mol. The summed E-state index contributed by atoms with van der Waals surface area (Å²) in [7, 11) is 0. The van der Waals surface area contributed by atoms with Crippen LogP contribution < -0.4 is 0 Å². The zero-order valence-electron chi connectivity index (χ0n) is 12.4. The Morgan fingerprint density at radius 1 is 1.25 bits per heavy atom. The van der Waals surface area contributed by atoms with Gasteiger partial charge in [0, 0.05) is 26.1 Å². The fourth-order valence-electron chi connectivity index (χ4n) is 3.30. The monoisotopic (exact) mass is 277 g/mol. The van der Waals surface area contributed by atoms with Crippen molar-refractivity contribution in [2.45, 2.75) is 46.0 Å². The summed E-state index contributed by atoms with van der Waals surface area (Å²) in [6, 6.07) is 0. The Morgan fingerprint density at radius 3 is 2.70 bits per heavy atom. The van der Waals surface area contributed by atoms with Crippen molar-refractivity contribution in [3.63, 3.8) is 0 Å². The third-order valence-corrected chi connectivity index (χ3v) is 4.77. The Hall–Kier alpha value is -1.16. The lowest BCUT2D eigenvalue weighted by Gasteiger charge is -2.24. The molecule has 1 fully saturated rings. The van der Waals surface area contributed by atoms with Crippen LogP contribution in [0.5, 0.6) is 0 Å². The van der Waals surface area contributed by atoms with Crippen molar-refractivity contribution in [3.05, 3.63) is 17.0 Å². The van der Waals surface area contributed by atoms with Crippen LogP contribution in [-0.4, -0.2) is 24.2 Å². The summed E-state index contributed by atoms with van der Waals surface area (Å²) in [5.41, 5.74) is 1.69. The molecule has 110 valence electrons. The molecule has 1 saturated heterocycles. The molecule has 0 radical (unpaired) electrons. The van der Waals surface area contributed by atoms with E-state index in [0.29, 0.717) is 24.2 Å². The Labute approximate surface area is 119 Å². The summed E-state index contributed by atoms with van der Waals surface area (Å²) in [6.07, 6.45) is 4.48. The van der Waals surface area contributed by atoms with Crippen LogP contribution >= 0.6 is 0 Å². The van der Waals surface area contributed by atoms with Gasteiger partial charge in [0.15, 0.2) is 5.78 Å². The van der Waals surface area contributed by atoms with Gasteiger partial charge in [-0.15, -0.1) is 0 Å². The maximum atomic E-state index is 12.4. The Balaban J connectivity index is 1.77. The van der Waals surface area contributed by atoms with Crippen LogP contribution in [0.15, 0.2) is 4.52 Å². The number of carbonyl (C=O) groups is 1. The minimum Gasteiger partial charge on any atom is -0.381 e. The minimum atomic E-state index is 0.230. The van der Waals surface area contributed by atoms with Crippen molar-refractivity contribution in [2.75, 3.05) is 13.2 Å². The second-order valence-corrected chi connectivity index (χ2v) is 6.52. The number of carbonyl (C=O) groups excluding carboxylic acids is 1. The molecule has 1 aliphatic heterocycles. The summed E-state index contributed by atoms with van der Waals surface area (Å²) in [4.78, 5) is 12.4. The highest BCUT2D eigenvalue weighted by atomic mass is 16.5. The first-order valence-corrected chi connectivity index (χ1v) is 7.73. The molecular weight excluding hydrogens is 254 g/mol. The molecule has 0 aromatic carbocycles. The number of hydrogen-bond donors (Lipinski definition) is 0. The van der Waals surface area contributed by atoms with Gasteiger partial charge < -0.3 is 9.26 Å². The number of Topliss-reactive ketones (excluding diaryl/α,β-unsaturated/α-hetero) is 1. The second kappa shape index (κ2) is 5.68. The standard InChI is InChI=1S/C16H23NO3/c1-10(2)12-8-13-16(14(18)9-12)15(20-17-13)7-11-3-5-19-6-4-11/h10-12H,3-9H2,1-2H3. The number of ketones is 1. The van der Waals surface area contributed by atoms with E-state index in [1.54, 1.807) is 0 Å². The third kappa shape index (κ3) is 2.66. The molecule has 0 saturated carbocycles. The normalized spacial score (nSPS) is 24.1. The Morgan fingerprint density at radius 2 is 2.00 bits per heavy atom. The van der Waals surface area contributed by atoms with Crippen LogP contribution in [0.3, 0.4) is 0 Å². The van der Waals surface area contributed by atoms with Gasteiger partial charge in [0.25, 0.3) is 0 Å². The van der Waals surface area contributed by atoms with Gasteiger partial charge in [-0.2, -0.15) is 0 Å². The van der Waals surface area contributed by atoms with Crippen molar-refractivity contribution < 1.29 is 14.1 Å². The van der Waals surface area contributed by atoms with Crippen molar-refractivity contribution >= 4 is 5.78 Å². The predicted molar refractivity (Wildman–Crippen MR) is 74.7 cm³/mol. The van der Waals surface area contributed by atoms with Gasteiger partial charge in [0.05, 0.1) is 11.3 Å². The molecule has 4 nitrogen and oxygen atoms in total. The largest absolute Gasteiger partial charge is 0.381 e. The summed E-state index contributed by atoms with van der Waals surface area (Å²) in [6.45, 7) is 5.99. The smallest absolute Gasteiger partial charge is 0.168 e. The van der Waals surface area contributed by atoms with Crippen LogP contribution in [0.25, 0.3) is 0 Å². The number of hydrogen-bond acceptors (Lipinski definition) is 4. The van der Waals surface area contributed by atoms with Gasteiger partial charge in [0.2, 0.25) is 0 Å². The lowest BCUT2D eigenvalue weighted by atomic mass is 9.79. The molecule has 2 aliphatic rings. The van der Waals surface area contributed by atoms with Gasteiger partial charge >= 0.3 is 0 Å². The molecule has 4 heteroatoms. The van der Waals surface area contributed by atoms with Crippen LogP contribution in [-0.2, 0) is 17.6 Å². The lowest BCUT2D eigenvalue weighted by Crippen LogP contribution is -2.25. The molecule has 3 rings (SSSR count). The molecule has 1 atom stereocenters. The Bertz CT molecular complexity index is 486. The van der Waals surface area contributed by atoms with Crippen molar-refractivity contribution in [1.82, 2.24) is 5.16 Å². The highest BCUT2D eigenvalue weighted by Crippen LogP contribution is 2.33. The summed E-state index contributed by atoms with van der Waals surface area (Å²) < 4.78 is 10.9. The molecule has 0 bridgehead atoms. The fraction of sp³-hybridized carbons (Fsp3) is 0.750. The van der Waals surface area contributed by atoms with E-state index in [9.17, 15) is 4.79 Å². The summed E-state index contributed by atoms with van der Waals surface area (Å²) in [5.74, 6) is 2.54. The van der Waals surface area contributed by atoms with E-state index in [1.807, 2.05) is 0 Å². The number of rotatable bonds is 3. The van der Waals surface area contributed by atoms with Crippen molar-refractivity contribution in [2.24, 2.45) is 17.8 Å². The van der Waals surface area contributed by atoms with Crippen LogP contribution in [0, 0.1) is 17.8 Å². The first-order valence-electron chi connectivity index (χ1n) is 7.73. The van der Waals surface area contributed by atoms with Crippen LogP contribution in [0.1, 0.15) is 54.9 Å². The molecule has 0 N–H and O–H groups in total. The quantitative estimate of drug-likeness (QED) is 0.852. The number of fused-ring (bicyclic) bond motifs is 1. The summed E-state index contributed by atoms with van der Waals surface area (Å²) >= 11 is 0. The van der Waals surface area contributed by atoms with E-state index < -0.39 is 0 Å². The zero-order valence-corrected chi connectivity index (χ0v) is 12.4. The number of aromatic nitrogens is 1. The molecular formula is C16H23NO3. The van der Waals surface area contributed by atoms with Gasteiger partial charge in [-0.25, -0.2) is 0 Å². The number of ether oxygens (including phenoxy) is 1. The SMILES string of the molecule is CC(C)C1CC(=O)c2c(noc2CC2CCOCC2)C1. The van der Waals surface area contributed by atoms with E-state index in [-0.39, 0.29) is 5.78 Å². The predicted octanol–water partition coefficient (Wildman–Crippen LogP) is 3.04. The fourth-order valence-corrected chi connectivity index (χ4v) is 3.30. The van der Waals surface area contributed by atoms with Crippen LogP contribution in [0.4, 0.5) is 0 Å². The second-order valence-electron chi connectivity index (χ2n) is 6.52. The van der Waals surface area contributed by atoms with E-state index in [2.05, 4.69) is 19.0 Å². The van der Waals surface area contributed by atoms with Gasteiger partial charge in [-0.3, -0.25) is 4.79 Å². The first-order chi connectivity index (χ1) is 9.65. The molecule has 1 unspecified atom stereocenters. The molecule has 1 aliphatic carbocycles. The summed E-state index contributed by atoms with van der Waals surface area (Å²) in [5, 5.41) is 4.18. The van der Waals surface area contributed by atoms with Gasteiger partial charge in [-0.05, 0) is 37.0 Å². The highest BCUT2D eigenvalue weighted by molar-refractivity contribution is 5.99. The maximum absolute atomic E-state index is 12.4. The van der Waals surface area contributed by atoms with E-state index in [0.717, 1.165) is 55.9 Å². The molecule has 0 spiro atoms. The van der Waals surface area contributed by atoms with Crippen molar-refractivity contribution in [1.29, 1.82) is 0 Å². The van der Waals surface area contributed by atoms with Gasteiger partial charge in [-0.1, -0.05) is 19.0 Å². The molecule has 2 heterocycles. The maximum Gasteiger partial charge on any atom is 0.168 e. The lowest BCUT2D eigenvalue weighted by molar-refractivity contribution is 0.0644. The molecule has 1 aromatic heterocycles. The molecule has 20 heavy (non-hydrogen) atoms. The molecule has 1 aromatic rings. The van der Waals surface area contributed by atoms with E-state index in [4.69, 9.17) is 9.26 Å². The van der Waals surface area contributed by atoms with Crippen molar-refractivity contribution in [3.8, 4) is 0 Å². The van der Waals surface area contributed by atoms with Gasteiger partial charge in [0.1, 0.15) is 5.76 Å². The topological polar surface area (TPSA) is 52.3 Å². The number of nitrogens with zero attached hydrogens (tertiary/aromatic N) is 1. The van der Waals surface area contributed by atoms with E-state index in [1.165, 1.54) is 0 Å². The van der Waals surface area contributed by atoms with E-state index >= 15 is 0 Å². The zero-order chi connectivity index (χ0) is 14.1. The molecule has 0 amide bonds. The third-order valence-electron chi connectivity index (χ3n) is 4.77. The Kier molecular flexibility index (Phi) is 3.92. The van der Waals surface area contributed by atoms with Crippen LogP contribution in [0.2, 0.25) is 0 Å². The minimum absolute atomic E-state index is 0.230. The highest BCUT2D eigenvalue weighted by Gasteiger charge is 2.33. The first kappa shape index (κ1) is 13.8. The average Bonchev–Trinajstić information content (AvgIpc) is 2.83.